The van der Waals surface area contributed by atoms with Crippen LogP contribution in [-0.4, -0.2) is 17.9 Å². The van der Waals surface area contributed by atoms with Crippen LogP contribution in [0, 0.1) is 11.7 Å². The van der Waals surface area contributed by atoms with Crippen molar-refractivity contribution in [3.63, 3.8) is 0 Å². The van der Waals surface area contributed by atoms with Crippen molar-refractivity contribution in [2.45, 2.75) is 19.9 Å². The molecule has 1 aromatic heterocycles. The Bertz CT molecular complexity index is 1250. The topological polar surface area (TPSA) is 71.3 Å². The Hall–Kier alpha value is -3.67. The molecule has 0 spiro atoms. The molecule has 0 aliphatic rings. The van der Waals surface area contributed by atoms with Crippen molar-refractivity contribution in [2.75, 3.05) is 5.32 Å². The maximum atomic E-state index is 13.9. The van der Waals surface area contributed by atoms with Gasteiger partial charge in [-0.2, -0.15) is 0 Å². The van der Waals surface area contributed by atoms with Gasteiger partial charge >= 0.3 is 0 Å². The van der Waals surface area contributed by atoms with Crippen molar-refractivity contribution >= 4 is 39.4 Å². The normalized spacial score (nSPS) is 12.3. The minimum atomic E-state index is -0.825. The predicted molar refractivity (Wildman–Crippen MR) is 115 cm³/mol. The van der Waals surface area contributed by atoms with Crippen molar-refractivity contribution in [3.05, 3.63) is 78.1 Å². The Balaban J connectivity index is 1.56. The average Bonchev–Trinajstić information content (AvgIpc) is 3.10. The number of furan rings is 1. The van der Waals surface area contributed by atoms with Gasteiger partial charge in [0.2, 0.25) is 5.91 Å². The van der Waals surface area contributed by atoms with Crippen LogP contribution in [0.3, 0.4) is 0 Å². The molecule has 1 atom stereocenters. The summed E-state index contributed by atoms with van der Waals surface area (Å²) in [5, 5.41) is 7.34. The zero-order chi connectivity index (χ0) is 21.3. The molecule has 4 aromatic rings. The van der Waals surface area contributed by atoms with Crippen molar-refractivity contribution in [1.82, 2.24) is 5.32 Å². The van der Waals surface area contributed by atoms with Crippen LogP contribution < -0.4 is 10.6 Å². The van der Waals surface area contributed by atoms with Gasteiger partial charge in [-0.25, -0.2) is 4.39 Å². The second kappa shape index (κ2) is 7.99. The number of hydrogen-bond donors (Lipinski definition) is 2. The molecule has 152 valence electrons. The van der Waals surface area contributed by atoms with E-state index in [1.54, 1.807) is 18.2 Å². The van der Waals surface area contributed by atoms with Crippen LogP contribution in [0.15, 0.2) is 71.1 Å². The minimum absolute atomic E-state index is 0.0952. The number of carbonyl (C=O) groups excluding carboxylic acids is 2. The van der Waals surface area contributed by atoms with Crippen LogP contribution in [0.25, 0.3) is 21.9 Å². The molecule has 0 saturated heterocycles. The fourth-order valence-electron chi connectivity index (χ4n) is 3.42. The van der Waals surface area contributed by atoms with E-state index in [-0.39, 0.29) is 17.4 Å². The van der Waals surface area contributed by atoms with Crippen LogP contribution in [0.5, 0.6) is 0 Å². The zero-order valence-electron chi connectivity index (χ0n) is 16.6. The minimum Gasteiger partial charge on any atom is -0.456 e. The number of nitrogens with one attached hydrogen (secondary N) is 2. The van der Waals surface area contributed by atoms with E-state index in [1.165, 1.54) is 18.2 Å². The summed E-state index contributed by atoms with van der Waals surface area (Å²) in [7, 11) is 0. The Morgan fingerprint density at radius 3 is 2.37 bits per heavy atom. The third kappa shape index (κ3) is 3.76. The molecule has 4 rings (SSSR count). The highest BCUT2D eigenvalue weighted by Crippen LogP contribution is 2.30. The van der Waals surface area contributed by atoms with E-state index in [4.69, 9.17) is 4.42 Å². The Morgan fingerprint density at radius 1 is 0.900 bits per heavy atom. The molecule has 0 aliphatic carbocycles. The van der Waals surface area contributed by atoms with Crippen molar-refractivity contribution in [1.29, 1.82) is 0 Å². The smallest absolute Gasteiger partial charge is 0.254 e. The van der Waals surface area contributed by atoms with Gasteiger partial charge in [-0.15, -0.1) is 0 Å². The van der Waals surface area contributed by atoms with E-state index >= 15 is 0 Å². The standard InChI is InChI=1S/C24H21FN2O3/c1-14(2)22(27-23(28)17-8-3-5-9-19(17)25)24(29)26-15-11-12-21-18(13-15)16-7-4-6-10-20(16)30-21/h3-14,22H,1-2H3,(H,26,29)(H,27,28)/t22-/m0/s1. The zero-order valence-corrected chi connectivity index (χ0v) is 16.6. The number of rotatable bonds is 5. The van der Waals surface area contributed by atoms with Gasteiger partial charge in [0.05, 0.1) is 5.56 Å². The van der Waals surface area contributed by atoms with Gasteiger partial charge < -0.3 is 15.1 Å². The summed E-state index contributed by atoms with van der Waals surface area (Å²) in [6.07, 6.45) is 0. The molecule has 0 aliphatic heterocycles. The molecular formula is C24H21FN2O3. The second-order valence-electron chi connectivity index (χ2n) is 7.47. The fraction of sp³-hybridized carbons (Fsp3) is 0.167. The first-order chi connectivity index (χ1) is 14.4. The summed E-state index contributed by atoms with van der Waals surface area (Å²) in [6, 6.07) is 17.9. The van der Waals surface area contributed by atoms with Gasteiger partial charge in [0.15, 0.2) is 0 Å². The number of carbonyl (C=O) groups is 2. The molecular weight excluding hydrogens is 383 g/mol. The average molecular weight is 404 g/mol. The molecule has 0 radical (unpaired) electrons. The maximum Gasteiger partial charge on any atom is 0.254 e. The lowest BCUT2D eigenvalue weighted by atomic mass is 10.0. The lowest BCUT2D eigenvalue weighted by Gasteiger charge is -2.22. The molecule has 2 amide bonds. The van der Waals surface area contributed by atoms with E-state index in [9.17, 15) is 14.0 Å². The number of hydrogen-bond acceptors (Lipinski definition) is 3. The Labute approximate surface area is 172 Å². The van der Waals surface area contributed by atoms with Crippen LogP contribution in [0.1, 0.15) is 24.2 Å². The maximum absolute atomic E-state index is 13.9. The van der Waals surface area contributed by atoms with E-state index in [0.29, 0.717) is 5.69 Å². The summed E-state index contributed by atoms with van der Waals surface area (Å²) in [5.74, 6) is -1.82. The third-order valence-electron chi connectivity index (χ3n) is 5.00. The van der Waals surface area contributed by atoms with Gasteiger partial charge in [0.25, 0.3) is 5.91 Å². The molecule has 6 heteroatoms. The van der Waals surface area contributed by atoms with Crippen molar-refractivity contribution in [3.8, 4) is 0 Å². The van der Waals surface area contributed by atoms with Crippen LogP contribution >= 0.6 is 0 Å². The summed E-state index contributed by atoms with van der Waals surface area (Å²) < 4.78 is 19.7. The van der Waals surface area contributed by atoms with Crippen LogP contribution in [0.2, 0.25) is 0 Å². The number of anilines is 1. The highest BCUT2D eigenvalue weighted by atomic mass is 19.1. The molecule has 0 fully saturated rings. The Kier molecular flexibility index (Phi) is 5.23. The predicted octanol–water partition coefficient (Wildman–Crippen LogP) is 5.12. The monoisotopic (exact) mass is 404 g/mol. The lowest BCUT2D eigenvalue weighted by molar-refractivity contribution is -0.118. The van der Waals surface area contributed by atoms with E-state index < -0.39 is 17.8 Å². The van der Waals surface area contributed by atoms with Crippen LogP contribution in [0.4, 0.5) is 10.1 Å². The summed E-state index contributed by atoms with van der Waals surface area (Å²) in [6.45, 7) is 3.64. The lowest BCUT2D eigenvalue weighted by Crippen LogP contribution is -2.47. The number of halogens is 1. The number of para-hydroxylation sites is 1. The van der Waals surface area contributed by atoms with E-state index in [1.807, 2.05) is 44.2 Å². The van der Waals surface area contributed by atoms with Gasteiger partial charge in [-0.05, 0) is 42.3 Å². The molecule has 0 bridgehead atoms. The van der Waals surface area contributed by atoms with Crippen LogP contribution in [-0.2, 0) is 4.79 Å². The SMILES string of the molecule is CC(C)[C@H](NC(=O)c1ccccc1F)C(=O)Nc1ccc2oc3ccccc3c2c1. The second-order valence-corrected chi connectivity index (χ2v) is 7.47. The van der Waals surface area contributed by atoms with Gasteiger partial charge in [-0.3, -0.25) is 9.59 Å². The molecule has 5 nitrogen and oxygen atoms in total. The Morgan fingerprint density at radius 2 is 1.60 bits per heavy atom. The number of benzene rings is 3. The first kappa shape index (κ1) is 19.6. The molecule has 30 heavy (non-hydrogen) atoms. The molecule has 2 N–H and O–H groups in total. The molecule has 0 unspecified atom stereocenters. The third-order valence-corrected chi connectivity index (χ3v) is 5.00. The summed E-state index contributed by atoms with van der Waals surface area (Å²) in [4.78, 5) is 25.4. The summed E-state index contributed by atoms with van der Waals surface area (Å²) in [5.41, 5.74) is 1.99. The van der Waals surface area contributed by atoms with Gasteiger partial charge in [-0.1, -0.05) is 44.2 Å². The summed E-state index contributed by atoms with van der Waals surface area (Å²) >= 11 is 0. The quantitative estimate of drug-likeness (QED) is 0.485. The highest BCUT2D eigenvalue weighted by molar-refractivity contribution is 6.07. The number of amides is 2. The fourth-order valence-corrected chi connectivity index (χ4v) is 3.42. The largest absolute Gasteiger partial charge is 0.456 e. The van der Waals surface area contributed by atoms with E-state index in [2.05, 4.69) is 10.6 Å². The number of fused-ring (bicyclic) bond motifs is 3. The van der Waals surface area contributed by atoms with Crippen molar-refractivity contribution < 1.29 is 18.4 Å². The molecule has 0 saturated carbocycles. The van der Waals surface area contributed by atoms with Crippen molar-refractivity contribution in [2.24, 2.45) is 5.92 Å². The highest BCUT2D eigenvalue weighted by Gasteiger charge is 2.26. The molecule has 3 aromatic carbocycles. The molecule has 1 heterocycles. The van der Waals surface area contributed by atoms with E-state index in [0.717, 1.165) is 21.9 Å². The van der Waals surface area contributed by atoms with Gasteiger partial charge in [0.1, 0.15) is 23.0 Å². The van der Waals surface area contributed by atoms with Gasteiger partial charge in [0, 0.05) is 16.5 Å². The first-order valence-electron chi connectivity index (χ1n) is 9.71. The first-order valence-corrected chi connectivity index (χ1v) is 9.71.